The Morgan fingerprint density at radius 1 is 1.19 bits per heavy atom. The molecule has 0 aromatic carbocycles. The Morgan fingerprint density at radius 2 is 2.00 bits per heavy atom. The van der Waals surface area contributed by atoms with Gasteiger partial charge in [0.1, 0.15) is 0 Å². The van der Waals surface area contributed by atoms with Gasteiger partial charge >= 0.3 is 0 Å². The number of amides is 1. The van der Waals surface area contributed by atoms with E-state index in [1.54, 1.807) is 0 Å². The van der Waals surface area contributed by atoms with Crippen LogP contribution in [-0.4, -0.2) is 50.1 Å². The number of carbonyl (C=O) groups is 1. The molecule has 0 spiro atoms. The Balaban J connectivity index is 1.61. The van der Waals surface area contributed by atoms with E-state index in [1.807, 2.05) is 4.90 Å². The van der Waals surface area contributed by atoms with Crippen LogP contribution in [0.4, 0.5) is 0 Å². The van der Waals surface area contributed by atoms with Gasteiger partial charge in [0.25, 0.3) is 0 Å². The lowest BCUT2D eigenvalue weighted by Gasteiger charge is -2.28. The van der Waals surface area contributed by atoms with Gasteiger partial charge < -0.3 is 15.5 Å². The zero-order valence-electron chi connectivity index (χ0n) is 10.0. The fourth-order valence-electron chi connectivity index (χ4n) is 2.62. The van der Waals surface area contributed by atoms with Gasteiger partial charge in [-0.3, -0.25) is 4.79 Å². The van der Waals surface area contributed by atoms with Crippen molar-refractivity contribution in [1.29, 1.82) is 0 Å². The Kier molecular flexibility index (Phi) is 4.60. The normalized spacial score (nSPS) is 23.8. The maximum Gasteiger partial charge on any atom is 0.236 e. The first-order valence-corrected chi connectivity index (χ1v) is 6.55. The van der Waals surface area contributed by atoms with E-state index in [1.165, 1.54) is 38.8 Å². The van der Waals surface area contributed by atoms with Gasteiger partial charge in [-0.1, -0.05) is 0 Å². The zero-order valence-corrected chi connectivity index (χ0v) is 10.0. The zero-order chi connectivity index (χ0) is 11.2. The van der Waals surface area contributed by atoms with Gasteiger partial charge in [-0.2, -0.15) is 0 Å². The molecule has 0 atom stereocenters. The van der Waals surface area contributed by atoms with Gasteiger partial charge in [-0.05, 0) is 44.7 Å². The second-order valence-corrected chi connectivity index (χ2v) is 4.89. The Bertz CT molecular complexity index is 226. The van der Waals surface area contributed by atoms with E-state index < -0.39 is 0 Å². The summed E-state index contributed by atoms with van der Waals surface area (Å²) in [6.07, 6.45) is 5.10. The van der Waals surface area contributed by atoms with Crippen LogP contribution in [0.15, 0.2) is 0 Å². The number of hydrogen-bond acceptors (Lipinski definition) is 3. The third-order valence-corrected chi connectivity index (χ3v) is 3.69. The topological polar surface area (TPSA) is 44.4 Å². The Labute approximate surface area is 97.8 Å². The highest BCUT2D eigenvalue weighted by atomic mass is 16.2. The maximum absolute atomic E-state index is 11.5. The first-order chi connectivity index (χ1) is 7.86. The van der Waals surface area contributed by atoms with Gasteiger partial charge in [-0.25, -0.2) is 0 Å². The van der Waals surface area contributed by atoms with Gasteiger partial charge in [-0.15, -0.1) is 0 Å². The van der Waals surface area contributed by atoms with Crippen LogP contribution in [0.2, 0.25) is 0 Å². The lowest BCUT2D eigenvalue weighted by molar-refractivity contribution is -0.132. The minimum absolute atomic E-state index is 0.275. The van der Waals surface area contributed by atoms with Crippen LogP contribution in [0.3, 0.4) is 0 Å². The fraction of sp³-hybridized carbons (Fsp3) is 0.917. The van der Waals surface area contributed by atoms with Crippen LogP contribution < -0.4 is 10.6 Å². The van der Waals surface area contributed by atoms with Crippen molar-refractivity contribution in [3.8, 4) is 0 Å². The molecule has 0 aromatic rings. The molecule has 0 aliphatic carbocycles. The highest BCUT2D eigenvalue weighted by Gasteiger charge is 2.18. The van der Waals surface area contributed by atoms with Gasteiger partial charge in [0.05, 0.1) is 6.54 Å². The lowest BCUT2D eigenvalue weighted by atomic mass is 9.93. The van der Waals surface area contributed by atoms with Crippen LogP contribution in [0.1, 0.15) is 25.7 Å². The molecule has 1 amide bonds. The second-order valence-electron chi connectivity index (χ2n) is 4.89. The third-order valence-electron chi connectivity index (χ3n) is 3.69. The molecular weight excluding hydrogens is 202 g/mol. The standard InChI is InChI=1S/C12H23N3O/c16-12-10-14-7-9-15(12)8-1-2-11-3-5-13-6-4-11/h11,13-14H,1-10H2. The molecule has 0 saturated carbocycles. The van der Waals surface area contributed by atoms with Crippen molar-refractivity contribution >= 4 is 5.91 Å². The molecule has 2 fully saturated rings. The largest absolute Gasteiger partial charge is 0.340 e. The molecule has 4 heteroatoms. The predicted molar refractivity (Wildman–Crippen MR) is 64.3 cm³/mol. The Morgan fingerprint density at radius 3 is 2.75 bits per heavy atom. The number of nitrogens with zero attached hydrogens (tertiary/aromatic N) is 1. The van der Waals surface area contributed by atoms with E-state index in [2.05, 4.69) is 10.6 Å². The molecule has 2 heterocycles. The molecular formula is C12H23N3O. The number of piperazine rings is 1. The SMILES string of the molecule is O=C1CNCCN1CCCC1CCNCC1. The van der Waals surface area contributed by atoms with Gasteiger partial charge in [0, 0.05) is 19.6 Å². The molecule has 0 bridgehead atoms. The smallest absolute Gasteiger partial charge is 0.236 e. The highest BCUT2D eigenvalue weighted by Crippen LogP contribution is 2.17. The van der Waals surface area contributed by atoms with E-state index in [0.29, 0.717) is 6.54 Å². The second kappa shape index (κ2) is 6.21. The summed E-state index contributed by atoms with van der Waals surface area (Å²) in [5, 5.41) is 6.49. The molecule has 0 aromatic heterocycles. The van der Waals surface area contributed by atoms with Crippen molar-refractivity contribution in [2.45, 2.75) is 25.7 Å². The average molecular weight is 225 g/mol. The number of rotatable bonds is 4. The van der Waals surface area contributed by atoms with Gasteiger partial charge in [0.2, 0.25) is 5.91 Å². The number of carbonyl (C=O) groups excluding carboxylic acids is 1. The van der Waals surface area contributed by atoms with E-state index in [-0.39, 0.29) is 5.91 Å². The average Bonchev–Trinajstić information content (AvgIpc) is 2.33. The molecule has 0 unspecified atom stereocenters. The number of nitrogens with one attached hydrogen (secondary N) is 2. The van der Waals surface area contributed by atoms with Crippen LogP contribution >= 0.6 is 0 Å². The summed E-state index contributed by atoms with van der Waals surface area (Å²) in [5.41, 5.74) is 0. The first-order valence-electron chi connectivity index (χ1n) is 6.55. The van der Waals surface area contributed by atoms with E-state index in [0.717, 1.165) is 25.6 Å². The molecule has 16 heavy (non-hydrogen) atoms. The van der Waals surface area contributed by atoms with E-state index in [9.17, 15) is 4.79 Å². The summed E-state index contributed by atoms with van der Waals surface area (Å²) >= 11 is 0. The molecule has 4 nitrogen and oxygen atoms in total. The molecule has 2 N–H and O–H groups in total. The third kappa shape index (κ3) is 3.46. The molecule has 2 aliphatic heterocycles. The fourth-order valence-corrected chi connectivity index (χ4v) is 2.62. The number of piperidine rings is 1. The van der Waals surface area contributed by atoms with Crippen molar-refractivity contribution < 1.29 is 4.79 Å². The predicted octanol–water partition coefficient (Wildman–Crippen LogP) is 0.198. The van der Waals surface area contributed by atoms with Crippen molar-refractivity contribution in [3.05, 3.63) is 0 Å². The monoisotopic (exact) mass is 225 g/mol. The minimum atomic E-state index is 0.275. The van der Waals surface area contributed by atoms with Crippen LogP contribution in [0, 0.1) is 5.92 Å². The minimum Gasteiger partial charge on any atom is -0.340 e. The summed E-state index contributed by atoms with van der Waals surface area (Å²) in [5.74, 6) is 1.16. The van der Waals surface area contributed by atoms with Crippen molar-refractivity contribution in [2.24, 2.45) is 5.92 Å². The quantitative estimate of drug-likeness (QED) is 0.718. The van der Waals surface area contributed by atoms with Gasteiger partial charge in [0.15, 0.2) is 0 Å². The molecule has 92 valence electrons. The molecule has 2 saturated heterocycles. The number of hydrogen-bond donors (Lipinski definition) is 2. The summed E-state index contributed by atoms with van der Waals surface area (Å²) in [4.78, 5) is 13.5. The maximum atomic E-state index is 11.5. The van der Waals surface area contributed by atoms with Crippen LogP contribution in [0.5, 0.6) is 0 Å². The summed E-state index contributed by atoms with van der Waals surface area (Å²) in [7, 11) is 0. The van der Waals surface area contributed by atoms with E-state index in [4.69, 9.17) is 0 Å². The Hall–Kier alpha value is -0.610. The summed E-state index contributed by atoms with van der Waals surface area (Å²) in [6, 6.07) is 0. The van der Waals surface area contributed by atoms with E-state index >= 15 is 0 Å². The van der Waals surface area contributed by atoms with Crippen molar-refractivity contribution in [2.75, 3.05) is 39.3 Å². The first kappa shape index (κ1) is 11.9. The summed E-state index contributed by atoms with van der Waals surface area (Å²) < 4.78 is 0. The molecule has 2 rings (SSSR count). The van der Waals surface area contributed by atoms with Crippen molar-refractivity contribution in [1.82, 2.24) is 15.5 Å². The molecule has 2 aliphatic rings. The molecule has 0 radical (unpaired) electrons. The lowest BCUT2D eigenvalue weighted by Crippen LogP contribution is -2.48. The van der Waals surface area contributed by atoms with Crippen molar-refractivity contribution in [3.63, 3.8) is 0 Å². The highest BCUT2D eigenvalue weighted by molar-refractivity contribution is 5.78. The summed E-state index contributed by atoms with van der Waals surface area (Å²) in [6.45, 7) is 5.70. The van der Waals surface area contributed by atoms with Crippen LogP contribution in [0.25, 0.3) is 0 Å². The van der Waals surface area contributed by atoms with Crippen LogP contribution in [-0.2, 0) is 4.79 Å².